The number of carbonyl (C=O) groups is 1. The summed E-state index contributed by atoms with van der Waals surface area (Å²) < 4.78 is 29.4. The van der Waals surface area contributed by atoms with E-state index in [9.17, 15) is 19.5 Å². The molecule has 168 valence electrons. The molecule has 0 bridgehead atoms. The van der Waals surface area contributed by atoms with Gasteiger partial charge in [0.2, 0.25) is 8.03 Å². The molecule has 0 aliphatic carbocycles. The average molecular weight is 535 g/mol. The number of aryl methyl sites for hydroxylation is 1. The fraction of sp³-hybridized carbons (Fsp3) is 0.350. The lowest BCUT2D eigenvalue weighted by Gasteiger charge is -2.17. The van der Waals surface area contributed by atoms with Crippen molar-refractivity contribution in [1.29, 1.82) is 0 Å². The predicted octanol–water partition coefficient (Wildman–Crippen LogP) is 6.03. The number of hydrogen-bond donors (Lipinski definition) is 0. The second kappa shape index (κ2) is 10.6. The Morgan fingerprint density at radius 2 is 1.90 bits per heavy atom. The molecule has 0 radical (unpaired) electrons. The van der Waals surface area contributed by atoms with Gasteiger partial charge in [-0.1, -0.05) is 34.5 Å². The zero-order valence-electron chi connectivity index (χ0n) is 17.4. The van der Waals surface area contributed by atoms with Crippen LogP contribution in [0.5, 0.6) is 11.5 Å². The predicted molar refractivity (Wildman–Crippen MR) is 122 cm³/mol. The molecule has 2 aromatic carbocycles. The summed E-state index contributed by atoms with van der Waals surface area (Å²) >= 11 is 9.51. The van der Waals surface area contributed by atoms with Crippen LogP contribution in [0.15, 0.2) is 34.8 Å². The van der Waals surface area contributed by atoms with Gasteiger partial charge in [-0.05, 0) is 45.4 Å². The van der Waals surface area contributed by atoms with Crippen molar-refractivity contribution in [2.75, 3.05) is 6.79 Å². The third kappa shape index (κ3) is 6.77. The number of esters is 1. The number of nitro groups is 1. The molecular formula is C20H22BrClNO7P. The van der Waals surface area contributed by atoms with Crippen molar-refractivity contribution in [3.05, 3.63) is 55.5 Å². The van der Waals surface area contributed by atoms with E-state index in [1.165, 1.54) is 12.1 Å². The topological polar surface area (TPSA) is 105 Å². The maximum atomic E-state index is 12.7. The minimum atomic E-state index is -3.13. The van der Waals surface area contributed by atoms with Gasteiger partial charge in [0, 0.05) is 22.2 Å². The van der Waals surface area contributed by atoms with Crippen molar-refractivity contribution in [3.8, 4) is 11.5 Å². The quantitative estimate of drug-likeness (QED) is 0.134. The molecular weight excluding hydrogens is 513 g/mol. The van der Waals surface area contributed by atoms with Crippen LogP contribution in [0.1, 0.15) is 33.3 Å². The first-order valence-corrected chi connectivity index (χ1v) is 11.7. The molecule has 1 atom stereocenters. The highest BCUT2D eigenvalue weighted by Gasteiger charge is 2.26. The number of benzene rings is 2. The van der Waals surface area contributed by atoms with Gasteiger partial charge in [-0.3, -0.25) is 24.0 Å². The van der Waals surface area contributed by atoms with Crippen molar-refractivity contribution < 1.29 is 28.3 Å². The van der Waals surface area contributed by atoms with Gasteiger partial charge in [0.05, 0.1) is 15.4 Å². The summed E-state index contributed by atoms with van der Waals surface area (Å²) in [5, 5.41) is 11.7. The maximum Gasteiger partial charge on any atom is 0.313 e. The van der Waals surface area contributed by atoms with E-state index in [0.29, 0.717) is 22.8 Å². The molecule has 2 aromatic rings. The third-order valence-electron chi connectivity index (χ3n) is 4.08. The van der Waals surface area contributed by atoms with Crippen LogP contribution in [0.2, 0.25) is 5.02 Å². The summed E-state index contributed by atoms with van der Waals surface area (Å²) in [5.74, 6) is 0.0482. The normalized spacial score (nSPS) is 12.3. The van der Waals surface area contributed by atoms with Gasteiger partial charge in [-0.25, -0.2) is 0 Å². The fourth-order valence-corrected chi connectivity index (χ4v) is 4.06. The monoisotopic (exact) mass is 533 g/mol. The molecule has 0 heterocycles. The molecule has 31 heavy (non-hydrogen) atoms. The Morgan fingerprint density at radius 3 is 2.45 bits per heavy atom. The van der Waals surface area contributed by atoms with Gasteiger partial charge in [0.15, 0.2) is 6.79 Å². The molecule has 0 aliphatic heterocycles. The van der Waals surface area contributed by atoms with Gasteiger partial charge in [-0.2, -0.15) is 0 Å². The lowest BCUT2D eigenvalue weighted by Crippen LogP contribution is -2.23. The van der Waals surface area contributed by atoms with Crippen molar-refractivity contribution in [2.45, 2.75) is 34.1 Å². The maximum absolute atomic E-state index is 12.7. The van der Waals surface area contributed by atoms with Crippen LogP contribution in [-0.2, 0) is 25.0 Å². The molecule has 2 rings (SSSR count). The number of rotatable bonds is 8. The Kier molecular flexibility index (Phi) is 8.65. The fourth-order valence-electron chi connectivity index (χ4n) is 2.40. The van der Waals surface area contributed by atoms with Gasteiger partial charge in [0.25, 0.3) is 5.69 Å². The Balaban J connectivity index is 2.34. The van der Waals surface area contributed by atoms with Gasteiger partial charge in [0.1, 0.15) is 16.8 Å². The summed E-state index contributed by atoms with van der Waals surface area (Å²) in [6, 6.07) is 7.62. The first-order valence-electron chi connectivity index (χ1n) is 9.22. The van der Waals surface area contributed by atoms with Crippen LogP contribution in [0.4, 0.5) is 5.69 Å². The van der Waals surface area contributed by atoms with Crippen LogP contribution in [0.25, 0.3) is 0 Å². The summed E-state index contributed by atoms with van der Waals surface area (Å²) in [5.41, 5.74) is -0.598. The van der Waals surface area contributed by atoms with Crippen LogP contribution >= 0.6 is 35.6 Å². The smallest absolute Gasteiger partial charge is 0.313 e. The van der Waals surface area contributed by atoms with Crippen molar-refractivity contribution in [3.63, 3.8) is 0 Å². The standard InChI is InChI=1S/C20H22BrClNO7P/c1-5-12-8-15(23(25)26)18(31(27)29-11-28-19(24)20(2,3)4)10-17(12)30-16-7-6-13(21)9-14(16)22/h6-10,31H,5,11H2,1-4H3. The minimum Gasteiger partial charge on any atom is -0.455 e. The molecule has 11 heteroatoms. The molecule has 0 spiro atoms. The molecule has 0 aliphatic rings. The van der Waals surface area contributed by atoms with Crippen LogP contribution < -0.4 is 10.0 Å². The highest BCUT2D eigenvalue weighted by Crippen LogP contribution is 2.37. The van der Waals surface area contributed by atoms with Crippen molar-refractivity contribution >= 4 is 52.5 Å². The SMILES string of the molecule is CCc1cc([N+](=O)[O-])c([PH](=O)OCOC(=O)C(C)(C)C)cc1Oc1ccc(Br)cc1Cl. The van der Waals surface area contributed by atoms with Gasteiger partial charge in [-0.15, -0.1) is 0 Å². The van der Waals surface area contributed by atoms with Crippen LogP contribution in [0, 0.1) is 15.5 Å². The zero-order valence-corrected chi connectivity index (χ0v) is 20.7. The highest BCUT2D eigenvalue weighted by molar-refractivity contribution is 9.10. The lowest BCUT2D eigenvalue weighted by molar-refractivity contribution is -0.383. The van der Waals surface area contributed by atoms with E-state index < -0.39 is 31.1 Å². The van der Waals surface area contributed by atoms with E-state index in [2.05, 4.69) is 15.9 Å². The Bertz CT molecular complexity index is 1020. The Labute approximate surface area is 194 Å². The first kappa shape index (κ1) is 25.3. The van der Waals surface area contributed by atoms with Crippen LogP contribution in [-0.4, -0.2) is 17.7 Å². The molecule has 0 saturated heterocycles. The summed E-state index contributed by atoms with van der Waals surface area (Å²) in [7, 11) is -3.13. The number of nitro benzene ring substituents is 1. The molecule has 8 nitrogen and oxygen atoms in total. The van der Waals surface area contributed by atoms with E-state index in [0.717, 1.165) is 4.47 Å². The molecule has 1 unspecified atom stereocenters. The Hall–Kier alpha value is -1.93. The summed E-state index contributed by atoms with van der Waals surface area (Å²) in [6.07, 6.45) is 0.426. The number of carbonyl (C=O) groups excluding carboxylic acids is 1. The number of nitrogens with zero attached hydrogens (tertiary/aromatic N) is 1. The lowest BCUT2D eigenvalue weighted by atomic mass is 9.98. The second-order valence-corrected chi connectivity index (χ2v) is 10.2. The van der Waals surface area contributed by atoms with E-state index in [-0.39, 0.29) is 16.7 Å². The average Bonchev–Trinajstić information content (AvgIpc) is 2.68. The van der Waals surface area contributed by atoms with Gasteiger partial charge >= 0.3 is 5.97 Å². The highest BCUT2D eigenvalue weighted by atomic mass is 79.9. The Morgan fingerprint density at radius 1 is 1.23 bits per heavy atom. The second-order valence-electron chi connectivity index (χ2n) is 7.50. The van der Waals surface area contributed by atoms with Gasteiger partial charge < -0.3 is 9.47 Å². The van der Waals surface area contributed by atoms with E-state index in [4.69, 9.17) is 25.6 Å². The third-order valence-corrected chi connectivity index (χ3v) is 6.09. The molecule has 0 amide bonds. The van der Waals surface area contributed by atoms with Crippen LogP contribution in [0.3, 0.4) is 0 Å². The molecule has 0 N–H and O–H groups in total. The summed E-state index contributed by atoms with van der Waals surface area (Å²) in [6.45, 7) is 6.19. The minimum absolute atomic E-state index is 0.151. The van der Waals surface area contributed by atoms with Crippen molar-refractivity contribution in [2.24, 2.45) is 5.41 Å². The first-order chi connectivity index (χ1) is 14.4. The van der Waals surface area contributed by atoms with E-state index in [1.807, 2.05) is 0 Å². The number of hydrogen-bond acceptors (Lipinski definition) is 7. The zero-order chi connectivity index (χ0) is 23.3. The molecule has 0 saturated carbocycles. The molecule has 0 fully saturated rings. The van der Waals surface area contributed by atoms with Crippen molar-refractivity contribution in [1.82, 2.24) is 0 Å². The van der Waals surface area contributed by atoms with E-state index >= 15 is 0 Å². The number of halogens is 2. The summed E-state index contributed by atoms with van der Waals surface area (Å²) in [4.78, 5) is 22.7. The van der Waals surface area contributed by atoms with E-state index in [1.54, 1.807) is 45.9 Å². The largest absolute Gasteiger partial charge is 0.455 e. The molecule has 0 aromatic heterocycles. The number of ether oxygens (including phenoxy) is 2.